The molecule has 0 aromatic heterocycles. The van der Waals surface area contributed by atoms with E-state index in [9.17, 15) is 10.1 Å². The summed E-state index contributed by atoms with van der Waals surface area (Å²) in [6.45, 7) is 9.85. The van der Waals surface area contributed by atoms with E-state index in [0.29, 0.717) is 0 Å². The van der Waals surface area contributed by atoms with Gasteiger partial charge < -0.3 is 0 Å². The molecule has 1 aromatic rings. The van der Waals surface area contributed by atoms with Gasteiger partial charge in [0.2, 0.25) is 0 Å². The number of hydrogen-bond donors (Lipinski definition) is 0. The molecule has 0 aliphatic heterocycles. The number of rotatable bonds is 1. The van der Waals surface area contributed by atoms with Crippen LogP contribution in [0.1, 0.15) is 37.5 Å². The van der Waals surface area contributed by atoms with E-state index >= 15 is 0 Å². The summed E-state index contributed by atoms with van der Waals surface area (Å²) in [5.41, 5.74) is 2.90. The lowest BCUT2D eigenvalue weighted by molar-refractivity contribution is -0.386. The van der Waals surface area contributed by atoms with E-state index in [-0.39, 0.29) is 16.0 Å². The van der Waals surface area contributed by atoms with Gasteiger partial charge in [0.05, 0.1) is 4.92 Å². The lowest BCUT2D eigenvalue weighted by atomic mass is 9.84. The first-order chi connectivity index (χ1) is 6.73. The van der Waals surface area contributed by atoms with Gasteiger partial charge in [-0.3, -0.25) is 10.1 Å². The average Bonchev–Trinajstić information content (AvgIpc) is 2.06. The van der Waals surface area contributed by atoms with Gasteiger partial charge >= 0.3 is 0 Å². The molecule has 0 unspecified atom stereocenters. The van der Waals surface area contributed by atoms with Crippen LogP contribution in [0.15, 0.2) is 12.1 Å². The Balaban J connectivity index is 3.49. The Labute approximate surface area is 90.3 Å². The molecule has 1 aromatic carbocycles. The molecule has 3 nitrogen and oxygen atoms in total. The first-order valence-electron chi connectivity index (χ1n) is 4.99. The predicted octanol–water partition coefficient (Wildman–Crippen LogP) is 3.51. The summed E-state index contributed by atoms with van der Waals surface area (Å²) in [4.78, 5) is 10.6. The minimum atomic E-state index is -0.299. The highest BCUT2D eigenvalue weighted by Gasteiger charge is 2.25. The standard InChI is InChI=1S/C12H17NO2/c1-8-6-10(12(3,4)5)11(13(14)15)7-9(8)2/h6-7H,1-5H3. The monoisotopic (exact) mass is 207 g/mol. The first kappa shape index (κ1) is 11.7. The third-order valence-electron chi connectivity index (χ3n) is 2.62. The van der Waals surface area contributed by atoms with Crippen LogP contribution in [0.2, 0.25) is 0 Å². The van der Waals surface area contributed by atoms with Gasteiger partial charge in [0, 0.05) is 11.6 Å². The zero-order valence-corrected chi connectivity index (χ0v) is 9.92. The summed E-state index contributed by atoms with van der Waals surface area (Å²) < 4.78 is 0. The van der Waals surface area contributed by atoms with Crippen molar-refractivity contribution in [1.29, 1.82) is 0 Å². The van der Waals surface area contributed by atoms with E-state index in [4.69, 9.17) is 0 Å². The molecular weight excluding hydrogens is 190 g/mol. The quantitative estimate of drug-likeness (QED) is 0.522. The molecule has 0 bridgehead atoms. The molecule has 1 rings (SSSR count). The molecule has 0 amide bonds. The average molecular weight is 207 g/mol. The Morgan fingerprint density at radius 1 is 1.13 bits per heavy atom. The molecule has 3 heteroatoms. The van der Waals surface area contributed by atoms with Crippen LogP contribution in [-0.4, -0.2) is 4.92 Å². The fraction of sp³-hybridized carbons (Fsp3) is 0.500. The van der Waals surface area contributed by atoms with Gasteiger partial charge in [0.15, 0.2) is 0 Å². The van der Waals surface area contributed by atoms with Crippen LogP contribution in [-0.2, 0) is 5.41 Å². The molecule has 0 spiro atoms. The summed E-state index contributed by atoms with van der Waals surface area (Å²) >= 11 is 0. The van der Waals surface area contributed by atoms with Crippen LogP contribution in [0.25, 0.3) is 0 Å². The van der Waals surface area contributed by atoms with Crippen molar-refractivity contribution in [3.63, 3.8) is 0 Å². The molecule has 0 radical (unpaired) electrons. The SMILES string of the molecule is Cc1cc([N+](=O)[O-])c(C(C)(C)C)cc1C. The minimum absolute atomic E-state index is 0.194. The van der Waals surface area contributed by atoms with Crippen LogP contribution < -0.4 is 0 Å². The first-order valence-corrected chi connectivity index (χ1v) is 4.99. The zero-order chi connectivity index (χ0) is 11.8. The Kier molecular flexibility index (Phi) is 2.84. The van der Waals surface area contributed by atoms with Crippen molar-refractivity contribution in [1.82, 2.24) is 0 Å². The van der Waals surface area contributed by atoms with Crippen molar-refractivity contribution in [2.24, 2.45) is 0 Å². The highest BCUT2D eigenvalue weighted by atomic mass is 16.6. The largest absolute Gasteiger partial charge is 0.273 e. The normalized spacial score (nSPS) is 11.5. The van der Waals surface area contributed by atoms with Crippen LogP contribution in [0.3, 0.4) is 0 Å². The summed E-state index contributed by atoms with van der Waals surface area (Å²) in [5, 5.41) is 10.9. The third-order valence-corrected chi connectivity index (χ3v) is 2.62. The van der Waals surface area contributed by atoms with E-state index in [0.717, 1.165) is 16.7 Å². The molecule has 0 saturated heterocycles. The zero-order valence-electron chi connectivity index (χ0n) is 9.92. The van der Waals surface area contributed by atoms with E-state index in [1.807, 2.05) is 40.7 Å². The van der Waals surface area contributed by atoms with E-state index < -0.39 is 0 Å². The second-order valence-electron chi connectivity index (χ2n) is 4.96. The van der Waals surface area contributed by atoms with E-state index in [1.54, 1.807) is 6.07 Å². The number of nitrogens with zero attached hydrogens (tertiary/aromatic N) is 1. The molecule has 0 aliphatic carbocycles. The Morgan fingerprint density at radius 2 is 1.60 bits per heavy atom. The number of nitro benzene ring substituents is 1. The third kappa shape index (κ3) is 2.35. The molecule has 0 heterocycles. The van der Waals surface area contributed by atoms with E-state index in [2.05, 4.69) is 0 Å². The maximum atomic E-state index is 10.9. The number of benzene rings is 1. The molecule has 0 fully saturated rings. The lowest BCUT2D eigenvalue weighted by Gasteiger charge is -2.20. The van der Waals surface area contributed by atoms with Crippen molar-refractivity contribution in [3.05, 3.63) is 38.9 Å². The van der Waals surface area contributed by atoms with Gasteiger partial charge in [-0.1, -0.05) is 20.8 Å². The fourth-order valence-electron chi connectivity index (χ4n) is 1.55. The van der Waals surface area contributed by atoms with Gasteiger partial charge in [-0.05, 0) is 36.5 Å². The maximum Gasteiger partial charge on any atom is 0.273 e. The molecule has 0 saturated carbocycles. The maximum absolute atomic E-state index is 10.9. The Hall–Kier alpha value is -1.38. The summed E-state index contributed by atoms with van der Waals surface area (Å²) in [7, 11) is 0. The molecular formula is C12H17NO2. The van der Waals surface area contributed by atoms with Crippen LogP contribution in [0, 0.1) is 24.0 Å². The van der Waals surface area contributed by atoms with Gasteiger partial charge in [0.25, 0.3) is 5.69 Å². The van der Waals surface area contributed by atoms with Crippen molar-refractivity contribution in [3.8, 4) is 0 Å². The van der Waals surface area contributed by atoms with Crippen LogP contribution in [0.5, 0.6) is 0 Å². The summed E-state index contributed by atoms with van der Waals surface area (Å²) in [5.74, 6) is 0. The molecule has 0 N–H and O–H groups in total. The topological polar surface area (TPSA) is 43.1 Å². The van der Waals surface area contributed by atoms with Gasteiger partial charge in [0.1, 0.15) is 0 Å². The van der Waals surface area contributed by atoms with Crippen molar-refractivity contribution >= 4 is 5.69 Å². The molecule has 82 valence electrons. The summed E-state index contributed by atoms with van der Waals surface area (Å²) in [6, 6.07) is 3.59. The second kappa shape index (κ2) is 3.65. The Morgan fingerprint density at radius 3 is 2.00 bits per heavy atom. The van der Waals surface area contributed by atoms with Crippen molar-refractivity contribution < 1.29 is 4.92 Å². The molecule has 0 atom stereocenters. The summed E-state index contributed by atoms with van der Waals surface area (Å²) in [6.07, 6.45) is 0. The lowest BCUT2D eigenvalue weighted by Crippen LogP contribution is -2.14. The van der Waals surface area contributed by atoms with Crippen LogP contribution in [0.4, 0.5) is 5.69 Å². The van der Waals surface area contributed by atoms with E-state index in [1.165, 1.54) is 0 Å². The van der Waals surface area contributed by atoms with Crippen LogP contribution >= 0.6 is 0 Å². The van der Waals surface area contributed by atoms with Gasteiger partial charge in [-0.15, -0.1) is 0 Å². The van der Waals surface area contributed by atoms with Gasteiger partial charge in [-0.2, -0.15) is 0 Å². The second-order valence-corrected chi connectivity index (χ2v) is 4.96. The fourth-order valence-corrected chi connectivity index (χ4v) is 1.55. The highest BCUT2D eigenvalue weighted by molar-refractivity contribution is 5.49. The minimum Gasteiger partial charge on any atom is -0.258 e. The van der Waals surface area contributed by atoms with Crippen molar-refractivity contribution in [2.45, 2.75) is 40.0 Å². The smallest absolute Gasteiger partial charge is 0.258 e. The molecule has 0 aliphatic rings. The highest BCUT2D eigenvalue weighted by Crippen LogP contribution is 2.33. The Bertz CT molecular complexity index is 403. The predicted molar refractivity (Wildman–Crippen MR) is 61.3 cm³/mol. The van der Waals surface area contributed by atoms with Crippen molar-refractivity contribution in [2.75, 3.05) is 0 Å². The van der Waals surface area contributed by atoms with Gasteiger partial charge in [-0.25, -0.2) is 0 Å². The number of nitro groups is 1. The number of aryl methyl sites for hydroxylation is 2. The number of hydrogen-bond acceptors (Lipinski definition) is 2. The molecule has 15 heavy (non-hydrogen) atoms.